The van der Waals surface area contributed by atoms with E-state index in [0.29, 0.717) is 16.0 Å². The molecule has 4 nitrogen and oxygen atoms in total. The topological polar surface area (TPSA) is 53.6 Å². The van der Waals surface area contributed by atoms with Gasteiger partial charge in [0.1, 0.15) is 11.5 Å². The molecular weight excluding hydrogens is 355 g/mol. The summed E-state index contributed by atoms with van der Waals surface area (Å²) in [6, 6.07) is 5.66. The molecule has 3 aliphatic rings. The Bertz CT molecular complexity index is 897. The van der Waals surface area contributed by atoms with Crippen LogP contribution in [0.4, 0.5) is 0 Å². The van der Waals surface area contributed by atoms with Gasteiger partial charge in [-0.3, -0.25) is 0 Å². The van der Waals surface area contributed by atoms with Crippen molar-refractivity contribution in [2.75, 3.05) is 13.1 Å². The quantitative estimate of drug-likeness (QED) is 0.665. The maximum atomic E-state index is 6.21. The standard InChI is InChI=1S/C19H20Cl2N4/c1-10-16(13-3-4-14(20)15(21)9-13)25-19-17(10)23-11(2)24-18(19)12-5-7-22-8-6-12/h3-4,9,12,22H,5-8H2,1-2H3,(H,23,24). The summed E-state index contributed by atoms with van der Waals surface area (Å²) in [4.78, 5) is 13.2. The average molecular weight is 375 g/mol. The van der Waals surface area contributed by atoms with Gasteiger partial charge in [0.05, 0.1) is 27.1 Å². The number of hydrogen-bond acceptors (Lipinski definition) is 3. The van der Waals surface area contributed by atoms with Gasteiger partial charge in [-0.25, -0.2) is 9.97 Å². The van der Waals surface area contributed by atoms with E-state index in [1.165, 1.54) is 0 Å². The van der Waals surface area contributed by atoms with Crippen molar-refractivity contribution < 1.29 is 0 Å². The molecule has 2 N–H and O–H groups in total. The summed E-state index contributed by atoms with van der Waals surface area (Å²) in [5.41, 5.74) is 6.20. The highest BCUT2D eigenvalue weighted by atomic mass is 35.5. The fraction of sp³-hybridized carbons (Fsp3) is 0.368. The molecule has 0 amide bonds. The summed E-state index contributed by atoms with van der Waals surface area (Å²) in [6.45, 7) is 6.17. The second kappa shape index (κ2) is 6.60. The summed E-state index contributed by atoms with van der Waals surface area (Å²) in [5, 5.41) is 4.52. The second-order valence-electron chi connectivity index (χ2n) is 6.67. The zero-order chi connectivity index (χ0) is 17.6. The molecule has 1 aromatic carbocycles. The summed E-state index contributed by atoms with van der Waals surface area (Å²) < 4.78 is 0. The van der Waals surface area contributed by atoms with Crippen LogP contribution in [0.2, 0.25) is 10.0 Å². The molecule has 0 spiro atoms. The lowest BCUT2D eigenvalue weighted by Crippen LogP contribution is -2.27. The lowest BCUT2D eigenvalue weighted by molar-refractivity contribution is 0.452. The summed E-state index contributed by atoms with van der Waals surface area (Å²) >= 11 is 12.3. The van der Waals surface area contributed by atoms with Gasteiger partial charge in [-0.15, -0.1) is 0 Å². The number of aromatic amines is 1. The molecule has 0 bridgehead atoms. The lowest BCUT2D eigenvalue weighted by atomic mass is 9.92. The third-order valence-electron chi connectivity index (χ3n) is 4.95. The number of aromatic nitrogens is 3. The summed E-state index contributed by atoms with van der Waals surface area (Å²) in [7, 11) is 0. The van der Waals surface area contributed by atoms with E-state index >= 15 is 0 Å². The second-order valence-corrected chi connectivity index (χ2v) is 7.48. The molecule has 0 unspecified atom stereocenters. The van der Waals surface area contributed by atoms with Crippen molar-refractivity contribution in [3.8, 4) is 22.6 Å². The van der Waals surface area contributed by atoms with E-state index in [1.54, 1.807) is 0 Å². The molecule has 1 saturated heterocycles. The highest BCUT2D eigenvalue weighted by Gasteiger charge is 2.27. The van der Waals surface area contributed by atoms with E-state index in [4.69, 9.17) is 33.2 Å². The van der Waals surface area contributed by atoms with Crippen LogP contribution in [0.3, 0.4) is 0 Å². The normalized spacial score (nSPS) is 15.8. The number of rotatable bonds is 2. The Kier molecular flexibility index (Phi) is 4.44. The zero-order valence-corrected chi connectivity index (χ0v) is 15.8. The van der Waals surface area contributed by atoms with Crippen LogP contribution in [-0.4, -0.2) is 28.0 Å². The van der Waals surface area contributed by atoms with E-state index < -0.39 is 0 Å². The first-order chi connectivity index (χ1) is 12.0. The van der Waals surface area contributed by atoms with Gasteiger partial charge in [0.25, 0.3) is 0 Å². The van der Waals surface area contributed by atoms with Crippen molar-refractivity contribution in [3.05, 3.63) is 45.3 Å². The number of hydrogen-bond donors (Lipinski definition) is 2. The first kappa shape index (κ1) is 16.8. The highest BCUT2D eigenvalue weighted by Crippen LogP contribution is 2.39. The van der Waals surface area contributed by atoms with Crippen LogP contribution in [0.15, 0.2) is 18.2 Å². The smallest absolute Gasteiger partial charge is 0.109 e. The maximum Gasteiger partial charge on any atom is 0.109 e. The molecular formula is C19H20Cl2N4. The molecule has 1 aromatic rings. The van der Waals surface area contributed by atoms with E-state index in [-0.39, 0.29) is 0 Å². The molecule has 0 radical (unpaired) electrons. The van der Waals surface area contributed by atoms with E-state index in [0.717, 1.165) is 65.7 Å². The van der Waals surface area contributed by atoms with Gasteiger partial charge in [-0.2, -0.15) is 0 Å². The summed E-state index contributed by atoms with van der Waals surface area (Å²) in [6.07, 6.45) is 2.19. The Morgan fingerprint density at radius 1 is 1.00 bits per heavy atom. The number of nitrogens with zero attached hydrogens (tertiary/aromatic N) is 2. The van der Waals surface area contributed by atoms with Crippen LogP contribution >= 0.6 is 23.2 Å². The predicted octanol–water partition coefficient (Wildman–Crippen LogP) is 4.97. The van der Waals surface area contributed by atoms with Crippen LogP contribution < -0.4 is 5.32 Å². The van der Waals surface area contributed by atoms with Crippen molar-refractivity contribution >= 4 is 23.2 Å². The van der Waals surface area contributed by atoms with Gasteiger partial charge < -0.3 is 10.3 Å². The van der Waals surface area contributed by atoms with Crippen molar-refractivity contribution in [3.63, 3.8) is 0 Å². The number of nitrogens with one attached hydrogen (secondary N) is 2. The lowest BCUT2D eigenvalue weighted by Gasteiger charge is -2.23. The monoisotopic (exact) mass is 374 g/mol. The Hall–Kier alpha value is -1.62. The Morgan fingerprint density at radius 3 is 2.48 bits per heavy atom. The third kappa shape index (κ3) is 3.03. The van der Waals surface area contributed by atoms with Crippen molar-refractivity contribution in [1.82, 2.24) is 20.3 Å². The molecule has 3 aliphatic heterocycles. The molecule has 130 valence electrons. The van der Waals surface area contributed by atoms with Crippen LogP contribution in [0.1, 0.15) is 35.8 Å². The summed E-state index contributed by atoms with van der Waals surface area (Å²) in [5.74, 6) is 1.38. The van der Waals surface area contributed by atoms with Crippen LogP contribution in [-0.2, 0) is 0 Å². The van der Waals surface area contributed by atoms with Gasteiger partial charge in [0.2, 0.25) is 0 Å². The zero-order valence-electron chi connectivity index (χ0n) is 14.3. The molecule has 3 heterocycles. The number of halogens is 2. The van der Waals surface area contributed by atoms with E-state index in [9.17, 15) is 0 Å². The molecule has 0 aliphatic carbocycles. The minimum Gasteiger partial charge on any atom is -0.342 e. The molecule has 1 fully saturated rings. The minimum atomic E-state index is 0.452. The largest absolute Gasteiger partial charge is 0.342 e. The van der Waals surface area contributed by atoms with Crippen molar-refractivity contribution in [1.29, 1.82) is 0 Å². The number of piperidine rings is 1. The fourth-order valence-corrected chi connectivity index (χ4v) is 3.93. The van der Waals surface area contributed by atoms with Crippen LogP contribution in [0.5, 0.6) is 0 Å². The Balaban J connectivity index is 1.88. The maximum absolute atomic E-state index is 6.21. The average Bonchev–Trinajstić information content (AvgIpc) is 2.94. The molecule has 0 aromatic heterocycles. The molecule has 25 heavy (non-hydrogen) atoms. The highest BCUT2D eigenvalue weighted by molar-refractivity contribution is 6.42. The first-order valence-corrected chi connectivity index (χ1v) is 9.33. The predicted molar refractivity (Wildman–Crippen MR) is 103 cm³/mol. The van der Waals surface area contributed by atoms with E-state index in [2.05, 4.69) is 17.2 Å². The molecule has 6 heteroatoms. The number of aryl methyl sites for hydroxylation is 1. The Labute approximate surface area is 157 Å². The van der Waals surface area contributed by atoms with Gasteiger partial charge >= 0.3 is 0 Å². The van der Waals surface area contributed by atoms with E-state index in [1.807, 2.05) is 25.1 Å². The number of H-pyrrole nitrogens is 1. The SMILES string of the molecule is Cc1nc(C2CCNCC2)c2nc(-c3ccc(Cl)c(Cl)c3)c(C)c-2[nH]1. The van der Waals surface area contributed by atoms with Gasteiger partial charge in [-0.1, -0.05) is 29.3 Å². The van der Waals surface area contributed by atoms with Crippen molar-refractivity contribution in [2.45, 2.75) is 32.6 Å². The molecule has 0 atom stereocenters. The van der Waals surface area contributed by atoms with Gasteiger partial charge in [0, 0.05) is 17.0 Å². The van der Waals surface area contributed by atoms with Gasteiger partial charge in [0.15, 0.2) is 0 Å². The van der Waals surface area contributed by atoms with Crippen LogP contribution in [0, 0.1) is 13.8 Å². The van der Waals surface area contributed by atoms with Crippen molar-refractivity contribution in [2.24, 2.45) is 0 Å². The number of benzene rings is 1. The first-order valence-electron chi connectivity index (χ1n) is 8.57. The third-order valence-corrected chi connectivity index (χ3v) is 5.69. The fourth-order valence-electron chi connectivity index (χ4n) is 3.63. The van der Waals surface area contributed by atoms with Gasteiger partial charge in [-0.05, 0) is 51.9 Å². The minimum absolute atomic E-state index is 0.452. The molecule has 0 saturated carbocycles. The Morgan fingerprint density at radius 2 is 1.76 bits per heavy atom. The molecule has 4 rings (SSSR count). The van der Waals surface area contributed by atoms with Crippen LogP contribution in [0.25, 0.3) is 22.6 Å². The number of fused-ring (bicyclic) bond motifs is 1.